The Labute approximate surface area is 119 Å². The Morgan fingerprint density at radius 3 is 2.84 bits per heavy atom. The highest BCUT2D eigenvalue weighted by Gasteiger charge is 2.18. The van der Waals surface area contributed by atoms with E-state index in [2.05, 4.69) is 15.9 Å². The molecule has 0 amide bonds. The summed E-state index contributed by atoms with van der Waals surface area (Å²) in [7, 11) is 0. The molecule has 0 atom stereocenters. The lowest BCUT2D eigenvalue weighted by molar-refractivity contribution is -0.386. The molecule has 0 N–H and O–H groups in total. The molecule has 98 valence electrons. The summed E-state index contributed by atoms with van der Waals surface area (Å²) < 4.78 is 1.40. The molecular weight excluding hydrogens is 336 g/mol. The number of Topliss-reactive ketones (excluding diaryl/α,β-unsaturated/α-hetero) is 1. The standard InChI is InChI=1S/C11H7BrN2O4S/c12-7-4-8(14(17)18)11(16)13(5-7)6-9(15)10-2-1-3-19-10/h1-5H,6H2. The Hall–Kier alpha value is -1.80. The van der Waals surface area contributed by atoms with Crippen LogP contribution in [0.4, 0.5) is 5.69 Å². The van der Waals surface area contributed by atoms with Crippen molar-refractivity contribution in [2.75, 3.05) is 0 Å². The fourth-order valence-corrected chi connectivity index (χ4v) is 2.62. The first kappa shape index (κ1) is 13.6. The Bertz CT molecular complexity index is 693. The maximum atomic E-state index is 11.9. The third kappa shape index (κ3) is 2.96. The van der Waals surface area contributed by atoms with Crippen LogP contribution in [0.1, 0.15) is 9.67 Å². The Morgan fingerprint density at radius 1 is 1.53 bits per heavy atom. The summed E-state index contributed by atoms with van der Waals surface area (Å²) in [6.07, 6.45) is 1.36. The highest BCUT2D eigenvalue weighted by molar-refractivity contribution is 9.10. The van der Waals surface area contributed by atoms with Gasteiger partial charge in [0.15, 0.2) is 5.78 Å². The first-order chi connectivity index (χ1) is 8.99. The lowest BCUT2D eigenvalue weighted by atomic mass is 10.3. The van der Waals surface area contributed by atoms with Crippen LogP contribution in [-0.2, 0) is 6.54 Å². The molecule has 2 aromatic heterocycles. The minimum atomic E-state index is -0.793. The van der Waals surface area contributed by atoms with E-state index in [9.17, 15) is 19.7 Å². The minimum absolute atomic E-state index is 0.223. The molecule has 2 heterocycles. The van der Waals surface area contributed by atoms with Gasteiger partial charge in [-0.05, 0) is 27.4 Å². The third-order valence-corrected chi connectivity index (χ3v) is 3.68. The molecule has 0 saturated heterocycles. The van der Waals surface area contributed by atoms with E-state index < -0.39 is 16.2 Å². The monoisotopic (exact) mass is 342 g/mol. The second-order valence-corrected chi connectivity index (χ2v) is 5.50. The average Bonchev–Trinajstić information content (AvgIpc) is 2.86. The zero-order valence-electron chi connectivity index (χ0n) is 9.41. The topological polar surface area (TPSA) is 82.2 Å². The van der Waals surface area contributed by atoms with Gasteiger partial charge in [0.25, 0.3) is 0 Å². The van der Waals surface area contributed by atoms with Gasteiger partial charge >= 0.3 is 11.2 Å². The van der Waals surface area contributed by atoms with Crippen LogP contribution in [0.2, 0.25) is 0 Å². The quantitative estimate of drug-likeness (QED) is 0.485. The van der Waals surface area contributed by atoms with Crippen molar-refractivity contribution >= 4 is 38.7 Å². The molecule has 19 heavy (non-hydrogen) atoms. The number of nitro groups is 1. The first-order valence-electron chi connectivity index (χ1n) is 5.10. The zero-order chi connectivity index (χ0) is 14.0. The number of pyridine rings is 1. The smallest absolute Gasteiger partial charge is 0.301 e. The molecule has 0 unspecified atom stereocenters. The lowest BCUT2D eigenvalue weighted by Gasteiger charge is -2.04. The number of rotatable bonds is 4. The number of hydrogen-bond acceptors (Lipinski definition) is 5. The zero-order valence-corrected chi connectivity index (χ0v) is 11.8. The van der Waals surface area contributed by atoms with Crippen molar-refractivity contribution in [3.05, 3.63) is 59.6 Å². The second kappa shape index (κ2) is 5.45. The Kier molecular flexibility index (Phi) is 3.91. The number of carbonyl (C=O) groups is 1. The molecule has 6 nitrogen and oxygen atoms in total. The van der Waals surface area contributed by atoms with Crippen LogP contribution in [0.5, 0.6) is 0 Å². The van der Waals surface area contributed by atoms with E-state index in [1.807, 2.05) is 0 Å². The molecule has 2 rings (SSSR count). The van der Waals surface area contributed by atoms with Crippen LogP contribution in [0.3, 0.4) is 0 Å². The molecular formula is C11H7BrN2O4S. The molecule has 0 aliphatic heterocycles. The van der Waals surface area contributed by atoms with Gasteiger partial charge in [0, 0.05) is 16.7 Å². The molecule has 0 aliphatic carbocycles. The van der Waals surface area contributed by atoms with E-state index in [4.69, 9.17) is 0 Å². The van der Waals surface area contributed by atoms with Gasteiger partial charge in [0.2, 0.25) is 0 Å². The maximum Gasteiger partial charge on any atom is 0.335 e. The van der Waals surface area contributed by atoms with E-state index in [1.54, 1.807) is 17.5 Å². The van der Waals surface area contributed by atoms with Gasteiger partial charge < -0.3 is 4.57 Å². The Balaban J connectivity index is 2.38. The fourth-order valence-electron chi connectivity index (χ4n) is 1.50. The maximum absolute atomic E-state index is 11.9. The summed E-state index contributed by atoms with van der Waals surface area (Å²) in [6.45, 7) is -0.223. The van der Waals surface area contributed by atoms with E-state index >= 15 is 0 Å². The molecule has 8 heteroatoms. The van der Waals surface area contributed by atoms with Crippen LogP contribution in [-0.4, -0.2) is 15.3 Å². The number of halogens is 1. The van der Waals surface area contributed by atoms with Gasteiger partial charge in [-0.25, -0.2) is 0 Å². The highest BCUT2D eigenvalue weighted by Crippen LogP contribution is 2.15. The van der Waals surface area contributed by atoms with Gasteiger partial charge in [-0.15, -0.1) is 11.3 Å². The molecule has 0 spiro atoms. The van der Waals surface area contributed by atoms with Crippen molar-refractivity contribution in [1.82, 2.24) is 4.57 Å². The van der Waals surface area contributed by atoms with Crippen LogP contribution < -0.4 is 5.56 Å². The largest absolute Gasteiger partial charge is 0.335 e. The molecule has 0 saturated carbocycles. The molecule has 0 bridgehead atoms. The summed E-state index contributed by atoms with van der Waals surface area (Å²) in [6, 6.07) is 4.49. The van der Waals surface area contributed by atoms with E-state index in [-0.39, 0.29) is 12.3 Å². The van der Waals surface area contributed by atoms with E-state index in [0.29, 0.717) is 9.35 Å². The summed E-state index contributed by atoms with van der Waals surface area (Å²) >= 11 is 4.34. The van der Waals surface area contributed by atoms with Crippen LogP contribution in [0.25, 0.3) is 0 Å². The van der Waals surface area contributed by atoms with Gasteiger partial charge in [0.1, 0.15) is 0 Å². The molecule has 0 aromatic carbocycles. The van der Waals surface area contributed by atoms with Crippen molar-refractivity contribution in [3.8, 4) is 0 Å². The summed E-state index contributed by atoms with van der Waals surface area (Å²) in [5.74, 6) is -0.260. The van der Waals surface area contributed by atoms with Gasteiger partial charge in [-0.3, -0.25) is 19.7 Å². The van der Waals surface area contributed by atoms with E-state index in [0.717, 1.165) is 10.6 Å². The molecule has 0 radical (unpaired) electrons. The van der Waals surface area contributed by atoms with E-state index in [1.165, 1.54) is 17.5 Å². The fraction of sp³-hybridized carbons (Fsp3) is 0.0909. The average molecular weight is 343 g/mol. The normalized spacial score (nSPS) is 10.4. The number of carbonyl (C=O) groups excluding carboxylic acids is 1. The lowest BCUT2D eigenvalue weighted by Crippen LogP contribution is -2.25. The Morgan fingerprint density at radius 2 is 2.26 bits per heavy atom. The second-order valence-electron chi connectivity index (χ2n) is 3.63. The predicted octanol–water partition coefficient (Wildman–Crippen LogP) is 2.46. The van der Waals surface area contributed by atoms with Crippen LogP contribution in [0, 0.1) is 10.1 Å². The van der Waals surface area contributed by atoms with Crippen LogP contribution >= 0.6 is 27.3 Å². The summed E-state index contributed by atoms with van der Waals surface area (Å²) in [4.78, 5) is 34.2. The summed E-state index contributed by atoms with van der Waals surface area (Å²) in [5, 5.41) is 12.5. The van der Waals surface area contributed by atoms with Crippen molar-refractivity contribution in [2.45, 2.75) is 6.54 Å². The van der Waals surface area contributed by atoms with Crippen molar-refractivity contribution < 1.29 is 9.72 Å². The number of nitrogens with zero attached hydrogens (tertiary/aromatic N) is 2. The van der Waals surface area contributed by atoms with Gasteiger partial charge in [-0.2, -0.15) is 0 Å². The van der Waals surface area contributed by atoms with Crippen molar-refractivity contribution in [2.24, 2.45) is 0 Å². The minimum Gasteiger partial charge on any atom is -0.301 e. The van der Waals surface area contributed by atoms with Crippen LogP contribution in [0.15, 0.2) is 39.0 Å². The highest BCUT2D eigenvalue weighted by atomic mass is 79.9. The molecule has 2 aromatic rings. The number of aromatic nitrogens is 1. The van der Waals surface area contributed by atoms with Crippen molar-refractivity contribution in [3.63, 3.8) is 0 Å². The van der Waals surface area contributed by atoms with Crippen molar-refractivity contribution in [1.29, 1.82) is 0 Å². The number of thiophene rings is 1. The molecule has 0 fully saturated rings. The third-order valence-electron chi connectivity index (χ3n) is 2.34. The predicted molar refractivity (Wildman–Crippen MR) is 73.7 cm³/mol. The van der Waals surface area contributed by atoms with Gasteiger partial charge in [0.05, 0.1) is 16.3 Å². The van der Waals surface area contributed by atoms with Gasteiger partial charge in [-0.1, -0.05) is 6.07 Å². The first-order valence-corrected chi connectivity index (χ1v) is 6.77. The molecule has 0 aliphatic rings. The summed E-state index contributed by atoms with van der Waals surface area (Å²) in [5.41, 5.74) is -1.36. The SMILES string of the molecule is O=C(Cn1cc(Br)cc([N+](=O)[O-])c1=O)c1cccs1. The number of hydrogen-bond donors (Lipinski definition) is 0. The number of ketones is 1.